The highest BCUT2D eigenvalue weighted by Crippen LogP contribution is 2.33. The van der Waals surface area contributed by atoms with Crippen LogP contribution in [0.5, 0.6) is 0 Å². The second kappa shape index (κ2) is 11.3. The highest BCUT2D eigenvalue weighted by Gasteiger charge is 2.22. The SMILES string of the molecule is C=CC1=C(/C=C\C)c2nc1nc1[nH]c(nc3nc(nc4[nH]c(n2)c(/C=C\C)c4C=C)C(C=C)=C3/C=C\C)c2ccccc12. The number of rotatable bonds is 6. The Morgan fingerprint density at radius 3 is 1.35 bits per heavy atom. The Hall–Kier alpha value is -5.76. The highest BCUT2D eigenvalue weighted by molar-refractivity contribution is 6.06. The number of nitrogens with one attached hydrogen (secondary N) is 2. The van der Waals surface area contributed by atoms with Crippen molar-refractivity contribution in [2.75, 3.05) is 0 Å². The molecule has 0 atom stereocenters. The molecule has 8 heteroatoms. The van der Waals surface area contributed by atoms with Crippen LogP contribution in [0, 0.1) is 0 Å². The molecule has 0 unspecified atom stereocenters. The molecule has 0 amide bonds. The van der Waals surface area contributed by atoms with Gasteiger partial charge in [0.1, 0.15) is 22.6 Å². The van der Waals surface area contributed by atoms with Crippen LogP contribution in [0.3, 0.4) is 0 Å². The summed E-state index contributed by atoms with van der Waals surface area (Å²) < 4.78 is 0. The third kappa shape index (κ3) is 4.59. The monoisotopic (exact) mass is 562 g/mol. The van der Waals surface area contributed by atoms with Gasteiger partial charge in [-0.1, -0.05) is 98.7 Å². The molecule has 0 aliphatic carbocycles. The summed E-state index contributed by atoms with van der Waals surface area (Å²) in [6.07, 6.45) is 17.0. The van der Waals surface area contributed by atoms with Crippen molar-refractivity contribution >= 4 is 67.8 Å². The summed E-state index contributed by atoms with van der Waals surface area (Å²) in [5.41, 5.74) is 7.19. The van der Waals surface area contributed by atoms with Gasteiger partial charge in [0, 0.05) is 44.2 Å². The predicted octanol–water partition coefficient (Wildman–Crippen LogP) is 8.07. The standard InChI is InChI=1S/C35H30N8/c1-7-15-23-20(10-4)28-36-29-21(11-5)24(16-8-2)33(38-29)42-35-27-19-14-13-18-26(27)34(43-35)40-30-22(12-6)25(17-9-3)32(39-30)41-31(23)37-28/h7-19H,4-6H2,1-3H3,(H2,36,37,38,39,40,41,42,43)/b15-7-,16-8-,17-9-. The smallest absolute Gasteiger partial charge is 0.164 e. The number of allylic oxidation sites excluding steroid dienone is 11. The van der Waals surface area contributed by atoms with E-state index < -0.39 is 0 Å². The molecule has 6 rings (SSSR count). The summed E-state index contributed by atoms with van der Waals surface area (Å²) in [6, 6.07) is 7.96. The van der Waals surface area contributed by atoms with Crippen molar-refractivity contribution in [1.82, 2.24) is 39.9 Å². The third-order valence-corrected chi connectivity index (χ3v) is 7.16. The van der Waals surface area contributed by atoms with Gasteiger partial charge >= 0.3 is 0 Å². The molecular weight excluding hydrogens is 532 g/mol. The Balaban J connectivity index is 1.89. The number of fused-ring (bicyclic) bond motifs is 11. The number of aromatic nitrogens is 8. The zero-order valence-corrected chi connectivity index (χ0v) is 24.3. The quantitative estimate of drug-likeness (QED) is 0.246. The van der Waals surface area contributed by atoms with Gasteiger partial charge in [0.05, 0.1) is 0 Å². The fraction of sp³-hybridized carbons (Fsp3) is 0.0857. The molecule has 2 N–H and O–H groups in total. The van der Waals surface area contributed by atoms with Crippen molar-refractivity contribution in [1.29, 1.82) is 0 Å². The Bertz CT molecular complexity index is 2160. The molecule has 5 heterocycles. The van der Waals surface area contributed by atoms with E-state index in [4.69, 9.17) is 29.9 Å². The molecule has 2 aliphatic rings. The Kier molecular flexibility index (Phi) is 7.17. The fourth-order valence-electron chi connectivity index (χ4n) is 5.29. The zero-order valence-electron chi connectivity index (χ0n) is 24.3. The number of benzene rings is 1. The Morgan fingerprint density at radius 1 is 0.488 bits per heavy atom. The summed E-state index contributed by atoms with van der Waals surface area (Å²) in [5.74, 6) is 2.00. The topological polar surface area (TPSA) is 109 Å². The van der Waals surface area contributed by atoms with Crippen molar-refractivity contribution in [2.24, 2.45) is 0 Å². The third-order valence-electron chi connectivity index (χ3n) is 7.16. The van der Waals surface area contributed by atoms with Crippen LogP contribution in [0.4, 0.5) is 0 Å². The van der Waals surface area contributed by atoms with Gasteiger partial charge in [-0.05, 0) is 20.8 Å². The first-order valence-corrected chi connectivity index (χ1v) is 13.9. The van der Waals surface area contributed by atoms with Crippen LogP contribution in [0.15, 0.2) is 86.5 Å². The van der Waals surface area contributed by atoms with Crippen molar-refractivity contribution in [3.05, 3.63) is 121 Å². The van der Waals surface area contributed by atoms with E-state index in [1.54, 1.807) is 18.2 Å². The van der Waals surface area contributed by atoms with E-state index in [2.05, 4.69) is 29.7 Å². The number of hydrogen-bond acceptors (Lipinski definition) is 6. The summed E-state index contributed by atoms with van der Waals surface area (Å²) >= 11 is 0. The lowest BCUT2D eigenvalue weighted by Gasteiger charge is -1.97. The van der Waals surface area contributed by atoms with Crippen LogP contribution in [-0.2, 0) is 0 Å². The van der Waals surface area contributed by atoms with Gasteiger partial charge in [0.25, 0.3) is 0 Å². The van der Waals surface area contributed by atoms with Gasteiger partial charge in [-0.25, -0.2) is 29.9 Å². The first kappa shape index (κ1) is 27.4. The average Bonchev–Trinajstić information content (AvgIpc) is 3.72. The summed E-state index contributed by atoms with van der Waals surface area (Å²) in [7, 11) is 0. The van der Waals surface area contributed by atoms with Gasteiger partial charge in [0.2, 0.25) is 0 Å². The highest BCUT2D eigenvalue weighted by atomic mass is 15.1. The minimum atomic E-state index is 0.481. The van der Waals surface area contributed by atoms with Crippen LogP contribution in [0.2, 0.25) is 0 Å². The molecular formula is C35H30N8. The molecule has 0 spiro atoms. The molecule has 210 valence electrons. The normalized spacial score (nSPS) is 13.7. The van der Waals surface area contributed by atoms with Gasteiger partial charge in [-0.15, -0.1) is 0 Å². The number of aromatic amines is 2. The van der Waals surface area contributed by atoms with Crippen molar-refractivity contribution in [3.63, 3.8) is 0 Å². The second-order valence-corrected chi connectivity index (χ2v) is 9.75. The predicted molar refractivity (Wildman–Crippen MR) is 178 cm³/mol. The van der Waals surface area contributed by atoms with Crippen LogP contribution in [0.25, 0.3) is 67.8 Å². The molecule has 4 aromatic rings. The van der Waals surface area contributed by atoms with E-state index in [1.165, 1.54) is 0 Å². The molecule has 0 radical (unpaired) electrons. The maximum absolute atomic E-state index is 5.01. The lowest BCUT2D eigenvalue weighted by Crippen LogP contribution is -1.88. The van der Waals surface area contributed by atoms with Crippen molar-refractivity contribution < 1.29 is 0 Å². The second-order valence-electron chi connectivity index (χ2n) is 9.75. The van der Waals surface area contributed by atoms with E-state index in [1.807, 2.05) is 81.5 Å². The van der Waals surface area contributed by atoms with Crippen LogP contribution < -0.4 is 0 Å². The Labute approximate surface area is 249 Å². The molecule has 0 saturated heterocycles. The summed E-state index contributed by atoms with van der Waals surface area (Å²) in [6.45, 7) is 18.1. The molecule has 8 nitrogen and oxygen atoms in total. The first-order valence-electron chi connectivity index (χ1n) is 13.9. The minimum absolute atomic E-state index is 0.481. The van der Waals surface area contributed by atoms with Crippen LogP contribution in [-0.4, -0.2) is 39.9 Å². The molecule has 43 heavy (non-hydrogen) atoms. The first-order chi connectivity index (χ1) is 21.0. The van der Waals surface area contributed by atoms with Gasteiger partial charge in [0.15, 0.2) is 23.3 Å². The summed E-state index contributed by atoms with van der Waals surface area (Å²) in [4.78, 5) is 36.6. The average molecular weight is 563 g/mol. The largest absolute Gasteiger partial charge is 0.324 e. The lowest BCUT2D eigenvalue weighted by atomic mass is 10.1. The maximum Gasteiger partial charge on any atom is 0.164 e. The number of nitrogens with zero attached hydrogens (tertiary/aromatic N) is 6. The number of H-pyrrole nitrogens is 2. The molecule has 0 fully saturated rings. The molecule has 2 aliphatic heterocycles. The fourth-order valence-corrected chi connectivity index (χ4v) is 5.29. The number of hydrogen-bond donors (Lipinski definition) is 2. The maximum atomic E-state index is 5.01. The Morgan fingerprint density at radius 2 is 0.907 bits per heavy atom. The van der Waals surface area contributed by atoms with Gasteiger partial charge in [-0.2, -0.15) is 0 Å². The van der Waals surface area contributed by atoms with E-state index in [9.17, 15) is 0 Å². The van der Waals surface area contributed by atoms with Crippen LogP contribution >= 0.6 is 0 Å². The van der Waals surface area contributed by atoms with E-state index in [-0.39, 0.29) is 0 Å². The minimum Gasteiger partial charge on any atom is -0.324 e. The van der Waals surface area contributed by atoms with E-state index >= 15 is 0 Å². The van der Waals surface area contributed by atoms with Crippen molar-refractivity contribution in [3.8, 4) is 0 Å². The molecule has 8 bridgehead atoms. The molecule has 3 aromatic heterocycles. The molecule has 0 saturated carbocycles. The van der Waals surface area contributed by atoms with Gasteiger partial charge in [-0.3, -0.25) is 0 Å². The molecule has 1 aromatic carbocycles. The van der Waals surface area contributed by atoms with E-state index in [0.717, 1.165) is 44.2 Å². The lowest BCUT2D eigenvalue weighted by molar-refractivity contribution is 1.10. The van der Waals surface area contributed by atoms with Crippen molar-refractivity contribution in [2.45, 2.75) is 20.8 Å². The van der Waals surface area contributed by atoms with E-state index in [0.29, 0.717) is 45.9 Å². The van der Waals surface area contributed by atoms with Crippen LogP contribution in [0.1, 0.15) is 55.2 Å². The van der Waals surface area contributed by atoms with Gasteiger partial charge < -0.3 is 9.97 Å². The zero-order chi connectivity index (χ0) is 30.1. The summed E-state index contributed by atoms with van der Waals surface area (Å²) in [5, 5.41) is 1.81.